The van der Waals surface area contributed by atoms with E-state index in [4.69, 9.17) is 0 Å². The minimum atomic E-state index is -3.42. The fraction of sp³-hybridized carbons (Fsp3) is 0.368. The highest BCUT2D eigenvalue weighted by Crippen LogP contribution is 2.31. The Balaban J connectivity index is 1.88. The third kappa shape index (κ3) is 3.48. The molecule has 0 bridgehead atoms. The van der Waals surface area contributed by atoms with E-state index in [-0.39, 0.29) is 6.04 Å². The van der Waals surface area contributed by atoms with Gasteiger partial charge in [-0.15, -0.1) is 0 Å². The number of sulfonamides is 1. The van der Waals surface area contributed by atoms with Gasteiger partial charge in [0.05, 0.1) is 4.90 Å². The molecule has 0 aromatic heterocycles. The van der Waals surface area contributed by atoms with Crippen molar-refractivity contribution in [3.05, 3.63) is 65.7 Å². The summed E-state index contributed by atoms with van der Waals surface area (Å²) in [6, 6.07) is 17.3. The number of rotatable bonds is 4. The molecular weight excluding hydrogens is 306 g/mol. The van der Waals surface area contributed by atoms with Crippen LogP contribution in [0, 0.1) is 12.8 Å². The van der Waals surface area contributed by atoms with E-state index >= 15 is 0 Å². The number of nitrogens with zero attached hydrogens (tertiary/aromatic N) is 1. The molecule has 3 nitrogen and oxygen atoms in total. The second-order valence-corrected chi connectivity index (χ2v) is 8.46. The summed E-state index contributed by atoms with van der Waals surface area (Å²) in [6.45, 7) is 4.70. The average Bonchev–Trinajstić information content (AvgIpc) is 2.90. The number of benzene rings is 2. The molecule has 0 unspecified atom stereocenters. The van der Waals surface area contributed by atoms with Crippen molar-refractivity contribution in [2.24, 2.45) is 5.92 Å². The van der Waals surface area contributed by atoms with Crippen LogP contribution in [-0.4, -0.2) is 25.3 Å². The first-order valence-corrected chi connectivity index (χ1v) is 9.53. The SMILES string of the molecule is Cc1ccc(S(=O)(=O)N2C[C@H](C)C[C@H]2Cc2ccccc2)cc1. The smallest absolute Gasteiger partial charge is 0.207 e. The molecule has 3 rings (SSSR count). The Hall–Kier alpha value is -1.65. The van der Waals surface area contributed by atoms with Gasteiger partial charge in [-0.2, -0.15) is 4.31 Å². The van der Waals surface area contributed by atoms with Crippen molar-refractivity contribution >= 4 is 10.0 Å². The van der Waals surface area contributed by atoms with Gasteiger partial charge in [-0.25, -0.2) is 8.42 Å². The van der Waals surface area contributed by atoms with Gasteiger partial charge in [-0.1, -0.05) is 55.0 Å². The molecule has 1 aliphatic rings. The van der Waals surface area contributed by atoms with Gasteiger partial charge in [0.1, 0.15) is 0 Å². The quantitative estimate of drug-likeness (QED) is 0.859. The summed E-state index contributed by atoms with van der Waals surface area (Å²) < 4.78 is 27.7. The summed E-state index contributed by atoms with van der Waals surface area (Å²) in [5, 5.41) is 0. The lowest BCUT2D eigenvalue weighted by molar-refractivity contribution is 0.384. The average molecular weight is 329 g/mol. The van der Waals surface area contributed by atoms with Gasteiger partial charge in [0.25, 0.3) is 0 Å². The van der Waals surface area contributed by atoms with Gasteiger partial charge in [-0.3, -0.25) is 0 Å². The normalized spacial score (nSPS) is 22.3. The van der Waals surface area contributed by atoms with Crippen molar-refractivity contribution in [3.63, 3.8) is 0 Å². The molecule has 0 radical (unpaired) electrons. The van der Waals surface area contributed by atoms with Crippen LogP contribution in [-0.2, 0) is 16.4 Å². The molecule has 0 spiro atoms. The zero-order valence-electron chi connectivity index (χ0n) is 13.6. The minimum absolute atomic E-state index is 0.0405. The first-order valence-electron chi connectivity index (χ1n) is 8.09. The molecule has 0 amide bonds. The van der Waals surface area contributed by atoms with Gasteiger partial charge < -0.3 is 0 Å². The molecule has 1 aliphatic heterocycles. The van der Waals surface area contributed by atoms with E-state index in [9.17, 15) is 8.42 Å². The molecular formula is C19H23NO2S. The summed E-state index contributed by atoms with van der Waals surface area (Å²) in [5.41, 5.74) is 2.26. The van der Waals surface area contributed by atoms with Crippen LogP contribution in [0.15, 0.2) is 59.5 Å². The van der Waals surface area contributed by atoms with E-state index in [1.807, 2.05) is 37.3 Å². The summed E-state index contributed by atoms with van der Waals surface area (Å²) in [4.78, 5) is 0.398. The molecule has 4 heteroatoms. The van der Waals surface area contributed by atoms with Crippen molar-refractivity contribution < 1.29 is 8.42 Å². The number of hydrogen-bond donors (Lipinski definition) is 0. The molecule has 0 saturated carbocycles. The molecule has 1 saturated heterocycles. The third-order valence-electron chi connectivity index (χ3n) is 4.52. The van der Waals surface area contributed by atoms with Crippen molar-refractivity contribution in [1.29, 1.82) is 0 Å². The summed E-state index contributed by atoms with van der Waals surface area (Å²) in [5.74, 6) is 0.393. The minimum Gasteiger partial charge on any atom is -0.207 e. The largest absolute Gasteiger partial charge is 0.243 e. The Bertz CT molecular complexity index is 754. The third-order valence-corrected chi connectivity index (χ3v) is 6.45. The zero-order valence-corrected chi connectivity index (χ0v) is 14.5. The van der Waals surface area contributed by atoms with Crippen LogP contribution >= 0.6 is 0 Å². The Morgan fingerprint density at radius 2 is 1.70 bits per heavy atom. The number of hydrogen-bond acceptors (Lipinski definition) is 2. The lowest BCUT2D eigenvalue weighted by Gasteiger charge is -2.24. The molecule has 1 heterocycles. The highest BCUT2D eigenvalue weighted by atomic mass is 32.2. The molecule has 2 atom stereocenters. The Morgan fingerprint density at radius 1 is 1.04 bits per heavy atom. The van der Waals surface area contributed by atoms with Gasteiger partial charge in [-0.05, 0) is 43.4 Å². The molecule has 2 aromatic rings. The summed E-state index contributed by atoms with van der Waals surface area (Å²) in [6.07, 6.45) is 1.69. The van der Waals surface area contributed by atoms with Crippen LogP contribution < -0.4 is 0 Å². The second kappa shape index (κ2) is 6.46. The maximum Gasteiger partial charge on any atom is 0.243 e. The highest BCUT2D eigenvalue weighted by molar-refractivity contribution is 7.89. The highest BCUT2D eigenvalue weighted by Gasteiger charge is 2.38. The Morgan fingerprint density at radius 3 is 2.35 bits per heavy atom. The predicted octanol–water partition coefficient (Wildman–Crippen LogP) is 3.64. The van der Waals surface area contributed by atoms with Gasteiger partial charge in [0.2, 0.25) is 10.0 Å². The fourth-order valence-corrected chi connectivity index (χ4v) is 5.08. The molecule has 122 valence electrons. The summed E-state index contributed by atoms with van der Waals surface area (Å²) in [7, 11) is -3.42. The zero-order chi connectivity index (χ0) is 16.4. The fourth-order valence-electron chi connectivity index (χ4n) is 3.32. The van der Waals surface area contributed by atoms with Crippen molar-refractivity contribution in [2.45, 2.75) is 37.6 Å². The van der Waals surface area contributed by atoms with Crippen LogP contribution in [0.1, 0.15) is 24.5 Å². The molecule has 0 N–H and O–H groups in total. The molecule has 1 fully saturated rings. The van der Waals surface area contributed by atoms with Gasteiger partial charge >= 0.3 is 0 Å². The van der Waals surface area contributed by atoms with Gasteiger partial charge in [0, 0.05) is 12.6 Å². The van der Waals surface area contributed by atoms with E-state index in [1.165, 1.54) is 5.56 Å². The standard InChI is InChI=1S/C19H23NO2S/c1-15-8-10-19(11-9-15)23(21,22)20-14-16(2)12-18(20)13-17-6-4-3-5-7-17/h3-11,16,18H,12-14H2,1-2H3/t16-,18+/m1/s1. The maximum atomic E-state index is 13.0. The first-order chi connectivity index (χ1) is 11.0. The summed E-state index contributed by atoms with van der Waals surface area (Å²) >= 11 is 0. The van der Waals surface area contributed by atoms with E-state index in [1.54, 1.807) is 16.4 Å². The number of aryl methyl sites for hydroxylation is 1. The van der Waals surface area contributed by atoms with E-state index in [2.05, 4.69) is 19.1 Å². The van der Waals surface area contributed by atoms with Crippen LogP contribution in [0.2, 0.25) is 0 Å². The second-order valence-electron chi connectivity index (χ2n) is 6.57. The molecule has 0 aliphatic carbocycles. The first kappa shape index (κ1) is 16.2. The van der Waals surface area contributed by atoms with E-state index in [0.717, 1.165) is 18.4 Å². The van der Waals surface area contributed by atoms with Crippen molar-refractivity contribution in [3.8, 4) is 0 Å². The van der Waals surface area contributed by atoms with Crippen LogP contribution in [0.4, 0.5) is 0 Å². The maximum absolute atomic E-state index is 13.0. The van der Waals surface area contributed by atoms with E-state index in [0.29, 0.717) is 17.4 Å². The van der Waals surface area contributed by atoms with Crippen molar-refractivity contribution in [2.75, 3.05) is 6.54 Å². The van der Waals surface area contributed by atoms with Gasteiger partial charge in [0.15, 0.2) is 0 Å². The Labute approximate surface area is 139 Å². The topological polar surface area (TPSA) is 37.4 Å². The van der Waals surface area contributed by atoms with Crippen molar-refractivity contribution in [1.82, 2.24) is 4.31 Å². The van der Waals surface area contributed by atoms with Crippen LogP contribution in [0.25, 0.3) is 0 Å². The molecule has 2 aromatic carbocycles. The lowest BCUT2D eigenvalue weighted by atomic mass is 10.0. The lowest BCUT2D eigenvalue weighted by Crippen LogP contribution is -2.37. The monoisotopic (exact) mass is 329 g/mol. The van der Waals surface area contributed by atoms with E-state index < -0.39 is 10.0 Å². The predicted molar refractivity (Wildman–Crippen MR) is 92.8 cm³/mol. The van der Waals surface area contributed by atoms with Crippen LogP contribution in [0.3, 0.4) is 0 Å². The Kier molecular flexibility index (Phi) is 4.55. The van der Waals surface area contributed by atoms with Crippen LogP contribution in [0.5, 0.6) is 0 Å². The molecule has 23 heavy (non-hydrogen) atoms.